The summed E-state index contributed by atoms with van der Waals surface area (Å²) in [6, 6.07) is -1.49. The van der Waals surface area contributed by atoms with Crippen molar-refractivity contribution in [2.45, 2.75) is 39.8 Å². The zero-order valence-electron chi connectivity index (χ0n) is 11.1. The maximum atomic E-state index is 11.5. The average molecular weight is 270 g/mol. The molecule has 0 aliphatic carbocycles. The van der Waals surface area contributed by atoms with Gasteiger partial charge in [-0.2, -0.15) is 4.98 Å². The number of carbonyl (C=O) groups excluding carboxylic acids is 1. The first-order valence-electron chi connectivity index (χ1n) is 5.95. The number of aryl methyl sites for hydroxylation is 1. The SMILES string of the molecule is Cc1noc(CNC(=O)NC(CC(C)C)C(=O)O)n1. The number of nitrogens with zero attached hydrogens (tertiary/aromatic N) is 2. The van der Waals surface area contributed by atoms with Crippen LogP contribution in [-0.4, -0.2) is 33.3 Å². The molecule has 0 saturated carbocycles. The maximum absolute atomic E-state index is 11.5. The summed E-state index contributed by atoms with van der Waals surface area (Å²) >= 11 is 0. The third kappa shape index (κ3) is 5.36. The first-order chi connectivity index (χ1) is 8.88. The number of hydrogen-bond donors (Lipinski definition) is 3. The van der Waals surface area contributed by atoms with Crippen LogP contribution in [0.1, 0.15) is 32.0 Å². The van der Waals surface area contributed by atoms with Crippen LogP contribution in [0.2, 0.25) is 0 Å². The van der Waals surface area contributed by atoms with Gasteiger partial charge in [-0.3, -0.25) is 0 Å². The normalized spacial score (nSPS) is 12.2. The maximum Gasteiger partial charge on any atom is 0.326 e. The zero-order chi connectivity index (χ0) is 14.4. The molecule has 0 bridgehead atoms. The number of amides is 2. The van der Waals surface area contributed by atoms with Crippen LogP contribution in [0.15, 0.2) is 4.52 Å². The average Bonchev–Trinajstić information content (AvgIpc) is 2.71. The van der Waals surface area contributed by atoms with E-state index in [0.29, 0.717) is 12.2 Å². The van der Waals surface area contributed by atoms with Gasteiger partial charge in [0.15, 0.2) is 5.82 Å². The van der Waals surface area contributed by atoms with Crippen LogP contribution in [0.25, 0.3) is 0 Å². The van der Waals surface area contributed by atoms with Crippen LogP contribution in [0.5, 0.6) is 0 Å². The number of carbonyl (C=O) groups is 2. The fourth-order valence-corrected chi connectivity index (χ4v) is 1.47. The van der Waals surface area contributed by atoms with Gasteiger partial charge in [0.25, 0.3) is 0 Å². The van der Waals surface area contributed by atoms with E-state index in [1.807, 2.05) is 13.8 Å². The molecule has 1 aromatic heterocycles. The van der Waals surface area contributed by atoms with Crippen molar-refractivity contribution in [2.24, 2.45) is 5.92 Å². The van der Waals surface area contributed by atoms with Gasteiger partial charge in [0.1, 0.15) is 6.04 Å². The van der Waals surface area contributed by atoms with E-state index in [2.05, 4.69) is 20.8 Å². The minimum absolute atomic E-state index is 0.0562. The molecular weight excluding hydrogens is 252 g/mol. The smallest absolute Gasteiger partial charge is 0.326 e. The van der Waals surface area contributed by atoms with Gasteiger partial charge in [-0.05, 0) is 19.3 Å². The fraction of sp³-hybridized carbons (Fsp3) is 0.636. The number of aromatic nitrogens is 2. The summed E-state index contributed by atoms with van der Waals surface area (Å²) in [5, 5.41) is 17.4. The number of nitrogens with one attached hydrogen (secondary N) is 2. The molecule has 8 heteroatoms. The van der Waals surface area contributed by atoms with Gasteiger partial charge in [-0.15, -0.1) is 0 Å². The van der Waals surface area contributed by atoms with Crippen LogP contribution in [-0.2, 0) is 11.3 Å². The van der Waals surface area contributed by atoms with Crippen molar-refractivity contribution < 1.29 is 19.2 Å². The molecule has 1 rings (SSSR count). The highest BCUT2D eigenvalue weighted by molar-refractivity contribution is 5.82. The van der Waals surface area contributed by atoms with E-state index in [9.17, 15) is 9.59 Å². The standard InChI is InChI=1S/C11H18N4O4/c1-6(2)4-8(10(16)17)14-11(18)12-5-9-13-7(3)15-19-9/h6,8H,4-5H2,1-3H3,(H,16,17)(H2,12,14,18). The van der Waals surface area contributed by atoms with E-state index < -0.39 is 18.0 Å². The summed E-state index contributed by atoms with van der Waals surface area (Å²) in [5.41, 5.74) is 0. The van der Waals surface area contributed by atoms with E-state index in [-0.39, 0.29) is 18.4 Å². The molecule has 106 valence electrons. The first kappa shape index (κ1) is 14.9. The first-order valence-corrected chi connectivity index (χ1v) is 5.95. The molecular formula is C11H18N4O4. The lowest BCUT2D eigenvalue weighted by molar-refractivity contribution is -0.139. The second-order valence-corrected chi connectivity index (χ2v) is 4.58. The Balaban J connectivity index is 2.42. The molecule has 1 unspecified atom stereocenters. The molecule has 0 radical (unpaired) electrons. The molecule has 0 fully saturated rings. The molecule has 0 saturated heterocycles. The molecule has 0 aliphatic heterocycles. The van der Waals surface area contributed by atoms with Crippen molar-refractivity contribution in [1.82, 2.24) is 20.8 Å². The number of carboxylic acid groups (broad SMARTS) is 1. The van der Waals surface area contributed by atoms with Gasteiger partial charge >= 0.3 is 12.0 Å². The second-order valence-electron chi connectivity index (χ2n) is 4.58. The Morgan fingerprint density at radius 3 is 2.58 bits per heavy atom. The molecule has 0 aromatic carbocycles. The van der Waals surface area contributed by atoms with Crippen LogP contribution >= 0.6 is 0 Å². The lowest BCUT2D eigenvalue weighted by Gasteiger charge is -2.16. The summed E-state index contributed by atoms with van der Waals surface area (Å²) in [5.74, 6) is -0.152. The van der Waals surface area contributed by atoms with Crippen molar-refractivity contribution >= 4 is 12.0 Å². The second kappa shape index (κ2) is 6.72. The lowest BCUT2D eigenvalue weighted by atomic mass is 10.0. The van der Waals surface area contributed by atoms with Gasteiger partial charge in [0, 0.05) is 0 Å². The van der Waals surface area contributed by atoms with Gasteiger partial charge < -0.3 is 20.3 Å². The van der Waals surface area contributed by atoms with Crippen molar-refractivity contribution in [3.63, 3.8) is 0 Å². The molecule has 1 heterocycles. The van der Waals surface area contributed by atoms with E-state index in [4.69, 9.17) is 9.63 Å². The van der Waals surface area contributed by atoms with E-state index in [1.54, 1.807) is 6.92 Å². The Kier molecular flexibility index (Phi) is 5.28. The minimum atomic E-state index is -1.06. The highest BCUT2D eigenvalue weighted by atomic mass is 16.5. The molecule has 3 N–H and O–H groups in total. The van der Waals surface area contributed by atoms with Gasteiger partial charge in [0.2, 0.25) is 5.89 Å². The summed E-state index contributed by atoms with van der Waals surface area (Å²) in [7, 11) is 0. The predicted octanol–water partition coefficient (Wildman–Crippen LogP) is 0.677. The number of carboxylic acids is 1. The molecule has 1 atom stereocenters. The Morgan fingerprint density at radius 2 is 2.11 bits per heavy atom. The van der Waals surface area contributed by atoms with Gasteiger partial charge in [0.05, 0.1) is 6.54 Å². The van der Waals surface area contributed by atoms with Crippen molar-refractivity contribution in [3.05, 3.63) is 11.7 Å². The molecule has 8 nitrogen and oxygen atoms in total. The monoisotopic (exact) mass is 270 g/mol. The third-order valence-corrected chi connectivity index (χ3v) is 2.28. The highest BCUT2D eigenvalue weighted by Crippen LogP contribution is 2.04. The number of rotatable bonds is 6. The van der Waals surface area contributed by atoms with Crippen LogP contribution < -0.4 is 10.6 Å². The Morgan fingerprint density at radius 1 is 1.42 bits per heavy atom. The van der Waals surface area contributed by atoms with Crippen LogP contribution in [0.3, 0.4) is 0 Å². The quantitative estimate of drug-likeness (QED) is 0.699. The minimum Gasteiger partial charge on any atom is -0.480 e. The largest absolute Gasteiger partial charge is 0.480 e. The van der Waals surface area contributed by atoms with Gasteiger partial charge in [-0.1, -0.05) is 19.0 Å². The number of aliphatic carboxylic acids is 1. The molecule has 1 aromatic rings. The summed E-state index contributed by atoms with van der Waals surface area (Å²) in [6.07, 6.45) is 0.364. The van der Waals surface area contributed by atoms with E-state index >= 15 is 0 Å². The van der Waals surface area contributed by atoms with Crippen molar-refractivity contribution in [1.29, 1.82) is 0 Å². The van der Waals surface area contributed by atoms with E-state index in [1.165, 1.54) is 0 Å². The summed E-state index contributed by atoms with van der Waals surface area (Å²) < 4.78 is 4.81. The Labute approximate surface area is 110 Å². The third-order valence-electron chi connectivity index (χ3n) is 2.28. The van der Waals surface area contributed by atoms with Crippen molar-refractivity contribution in [2.75, 3.05) is 0 Å². The van der Waals surface area contributed by atoms with Crippen LogP contribution in [0.4, 0.5) is 4.79 Å². The molecule has 0 aliphatic rings. The number of hydrogen-bond acceptors (Lipinski definition) is 5. The molecule has 19 heavy (non-hydrogen) atoms. The highest BCUT2D eigenvalue weighted by Gasteiger charge is 2.21. The summed E-state index contributed by atoms with van der Waals surface area (Å²) in [6.45, 7) is 5.49. The van der Waals surface area contributed by atoms with Gasteiger partial charge in [-0.25, -0.2) is 9.59 Å². The summed E-state index contributed by atoms with van der Waals surface area (Å²) in [4.78, 5) is 26.4. The van der Waals surface area contributed by atoms with E-state index in [0.717, 1.165) is 0 Å². The van der Waals surface area contributed by atoms with Crippen molar-refractivity contribution in [3.8, 4) is 0 Å². The predicted molar refractivity (Wildman–Crippen MR) is 65.3 cm³/mol. The number of urea groups is 1. The zero-order valence-corrected chi connectivity index (χ0v) is 11.1. The topological polar surface area (TPSA) is 117 Å². The lowest BCUT2D eigenvalue weighted by Crippen LogP contribution is -2.46. The molecule has 2 amide bonds. The Hall–Kier alpha value is -2.12. The Bertz CT molecular complexity index is 444. The fourth-order valence-electron chi connectivity index (χ4n) is 1.47. The van der Waals surface area contributed by atoms with Crippen LogP contribution in [0, 0.1) is 12.8 Å². The molecule has 0 spiro atoms.